The minimum Gasteiger partial charge on any atom is -0.385 e. The van der Waals surface area contributed by atoms with Crippen molar-refractivity contribution in [1.82, 2.24) is 19.6 Å². The molecular weight excluding hydrogens is 416 g/mol. The monoisotopic (exact) mass is 444 g/mol. The molecule has 0 radical (unpaired) electrons. The van der Waals surface area contributed by atoms with Gasteiger partial charge in [-0.05, 0) is 43.0 Å². The molecule has 0 bridgehead atoms. The lowest BCUT2D eigenvalue weighted by atomic mass is 10.1. The molecule has 2 aromatic heterocycles. The van der Waals surface area contributed by atoms with Crippen LogP contribution in [-0.4, -0.2) is 57.6 Å². The summed E-state index contributed by atoms with van der Waals surface area (Å²) in [5.74, 6) is 11.0. The zero-order valence-electron chi connectivity index (χ0n) is 18.7. The molecule has 1 aliphatic carbocycles. The highest BCUT2D eigenvalue weighted by atomic mass is 16.5. The zero-order valence-corrected chi connectivity index (χ0v) is 18.7. The van der Waals surface area contributed by atoms with E-state index in [0.717, 1.165) is 53.5 Å². The van der Waals surface area contributed by atoms with E-state index in [-0.39, 0.29) is 0 Å². The molecule has 2 aliphatic heterocycles. The number of aliphatic hydroxyl groups excluding tert-OH is 1. The predicted octanol–water partition coefficient (Wildman–Crippen LogP) is 2.82. The van der Waals surface area contributed by atoms with Crippen LogP contribution in [0.3, 0.4) is 0 Å². The number of ether oxygens (including phenoxy) is 1. The fourth-order valence-electron chi connectivity index (χ4n) is 5.14. The average molecular weight is 445 g/mol. The first-order chi connectivity index (χ1) is 16.1. The predicted molar refractivity (Wildman–Crippen MR) is 122 cm³/mol. The first kappa shape index (κ1) is 20.7. The number of hydrogen-bond donors (Lipinski definition) is 1. The van der Waals surface area contributed by atoms with Gasteiger partial charge < -0.3 is 23.8 Å². The smallest absolute Gasteiger partial charge is 0.167 e. The summed E-state index contributed by atoms with van der Waals surface area (Å²) in [4.78, 5) is 6.79. The molecule has 33 heavy (non-hydrogen) atoms. The minimum atomic E-state index is -0.628. The molecule has 4 atom stereocenters. The molecular formula is C26H28N4O3. The summed E-state index contributed by atoms with van der Waals surface area (Å²) in [6.45, 7) is 7.68. The number of likely N-dealkylation sites (tertiary alicyclic amines) is 1. The largest absolute Gasteiger partial charge is 0.385 e. The van der Waals surface area contributed by atoms with Gasteiger partial charge in [0.2, 0.25) is 0 Å². The number of imidazole rings is 1. The Morgan fingerprint density at radius 1 is 1.18 bits per heavy atom. The second kappa shape index (κ2) is 8.45. The van der Waals surface area contributed by atoms with Gasteiger partial charge in [0.25, 0.3) is 0 Å². The van der Waals surface area contributed by atoms with Crippen molar-refractivity contribution in [3.05, 3.63) is 59.8 Å². The first-order valence-corrected chi connectivity index (χ1v) is 11.7. The molecule has 4 heterocycles. The van der Waals surface area contributed by atoms with E-state index in [0.29, 0.717) is 18.3 Å². The quantitative estimate of drug-likeness (QED) is 0.590. The molecule has 3 aromatic rings. The maximum atomic E-state index is 9.82. The summed E-state index contributed by atoms with van der Waals surface area (Å²) < 4.78 is 12.7. The Balaban J connectivity index is 1.05. The fourth-order valence-corrected chi connectivity index (χ4v) is 5.14. The number of nitrogens with zero attached hydrogens (tertiary/aromatic N) is 4. The van der Waals surface area contributed by atoms with E-state index in [4.69, 9.17) is 9.26 Å². The standard InChI is InChI=1S/C26H28N4O3/c1-17(31)26-27-8-9-30(26)12-21-10-25(33-28-21)20-5-2-18(3-6-20)4-7-22-23-13-29(14-24(22)23)11-19-15-32-16-19/h2-3,5-6,8-10,17,19,22-24,31H,11-16H2,1H3/t17-,22-,23+,24-/m0/s1. The number of benzene rings is 1. The molecule has 3 fully saturated rings. The third kappa shape index (κ3) is 4.22. The lowest BCUT2D eigenvalue weighted by Crippen LogP contribution is -2.39. The van der Waals surface area contributed by atoms with E-state index in [9.17, 15) is 5.11 Å². The number of fused-ring (bicyclic) bond motifs is 1. The average Bonchev–Trinajstić information content (AvgIpc) is 3.27. The van der Waals surface area contributed by atoms with Crippen LogP contribution in [-0.2, 0) is 11.3 Å². The maximum Gasteiger partial charge on any atom is 0.167 e. The molecule has 0 amide bonds. The number of piperidine rings is 1. The van der Waals surface area contributed by atoms with Crippen molar-refractivity contribution in [2.75, 3.05) is 32.8 Å². The van der Waals surface area contributed by atoms with Crippen LogP contribution in [0, 0.1) is 35.5 Å². The Hall–Kier alpha value is -2.92. The molecule has 3 aliphatic rings. The van der Waals surface area contributed by atoms with Gasteiger partial charge in [0, 0.05) is 61.1 Å². The van der Waals surface area contributed by atoms with Gasteiger partial charge in [-0.1, -0.05) is 17.0 Å². The highest BCUT2D eigenvalue weighted by molar-refractivity contribution is 5.59. The molecule has 0 unspecified atom stereocenters. The van der Waals surface area contributed by atoms with E-state index >= 15 is 0 Å². The van der Waals surface area contributed by atoms with Crippen LogP contribution in [0.1, 0.15) is 30.1 Å². The van der Waals surface area contributed by atoms with Crippen LogP contribution < -0.4 is 0 Å². The van der Waals surface area contributed by atoms with Gasteiger partial charge in [-0.2, -0.15) is 0 Å². The lowest BCUT2D eigenvalue weighted by Gasteiger charge is -2.31. The van der Waals surface area contributed by atoms with Crippen LogP contribution in [0.5, 0.6) is 0 Å². The summed E-state index contributed by atoms with van der Waals surface area (Å²) >= 11 is 0. The van der Waals surface area contributed by atoms with Crippen molar-refractivity contribution in [3.8, 4) is 23.2 Å². The van der Waals surface area contributed by atoms with Gasteiger partial charge in [0.05, 0.1) is 19.8 Å². The van der Waals surface area contributed by atoms with Crippen LogP contribution in [0.4, 0.5) is 0 Å². The summed E-state index contributed by atoms with van der Waals surface area (Å²) in [5, 5.41) is 14.0. The van der Waals surface area contributed by atoms with Gasteiger partial charge >= 0.3 is 0 Å². The Morgan fingerprint density at radius 3 is 2.67 bits per heavy atom. The third-order valence-corrected chi connectivity index (χ3v) is 7.06. The molecule has 170 valence electrons. The van der Waals surface area contributed by atoms with E-state index in [2.05, 4.69) is 26.9 Å². The fraction of sp³-hybridized carbons (Fsp3) is 0.462. The second-order valence-electron chi connectivity index (χ2n) is 9.59. The van der Waals surface area contributed by atoms with Crippen LogP contribution >= 0.6 is 0 Å². The van der Waals surface area contributed by atoms with E-state index in [1.165, 1.54) is 19.6 Å². The van der Waals surface area contributed by atoms with Crippen molar-refractivity contribution in [2.45, 2.75) is 19.6 Å². The van der Waals surface area contributed by atoms with E-state index < -0.39 is 6.10 Å². The summed E-state index contributed by atoms with van der Waals surface area (Å²) in [6.07, 6.45) is 2.88. The van der Waals surface area contributed by atoms with Gasteiger partial charge in [0.1, 0.15) is 17.6 Å². The third-order valence-electron chi connectivity index (χ3n) is 7.06. The summed E-state index contributed by atoms with van der Waals surface area (Å²) in [7, 11) is 0. The molecule has 0 spiro atoms. The minimum absolute atomic E-state index is 0.503. The van der Waals surface area contributed by atoms with Crippen LogP contribution in [0.15, 0.2) is 47.2 Å². The Morgan fingerprint density at radius 2 is 1.97 bits per heavy atom. The van der Waals surface area contributed by atoms with Gasteiger partial charge in [-0.3, -0.25) is 0 Å². The highest BCUT2D eigenvalue weighted by Crippen LogP contribution is 2.51. The lowest BCUT2D eigenvalue weighted by molar-refractivity contribution is -0.0453. The number of hydrogen-bond acceptors (Lipinski definition) is 6. The highest BCUT2D eigenvalue weighted by Gasteiger charge is 2.55. The number of aliphatic hydroxyl groups is 1. The van der Waals surface area contributed by atoms with Crippen molar-refractivity contribution in [1.29, 1.82) is 0 Å². The Kier molecular flexibility index (Phi) is 5.30. The number of rotatable bonds is 6. The van der Waals surface area contributed by atoms with Gasteiger partial charge in [-0.25, -0.2) is 4.98 Å². The van der Waals surface area contributed by atoms with Crippen molar-refractivity contribution in [2.24, 2.45) is 23.7 Å². The second-order valence-corrected chi connectivity index (χ2v) is 9.59. The van der Waals surface area contributed by atoms with Crippen molar-refractivity contribution in [3.63, 3.8) is 0 Å². The van der Waals surface area contributed by atoms with Gasteiger partial charge in [0.15, 0.2) is 5.76 Å². The van der Waals surface area contributed by atoms with E-state index in [1.807, 2.05) is 41.1 Å². The SMILES string of the molecule is C[C@H](O)c1nccn1Cc1cc(-c2ccc(C#C[C@H]3[C@H]4CN(CC5COC5)C[C@@H]34)cc2)on1. The molecule has 6 rings (SSSR count). The maximum absolute atomic E-state index is 9.82. The first-order valence-electron chi connectivity index (χ1n) is 11.7. The van der Waals surface area contributed by atoms with E-state index in [1.54, 1.807) is 13.1 Å². The Labute approximate surface area is 193 Å². The summed E-state index contributed by atoms with van der Waals surface area (Å²) in [5.41, 5.74) is 2.79. The summed E-state index contributed by atoms with van der Waals surface area (Å²) in [6, 6.07) is 10.1. The molecule has 1 aromatic carbocycles. The molecule has 1 saturated carbocycles. The zero-order chi connectivity index (χ0) is 22.4. The topological polar surface area (TPSA) is 76.6 Å². The molecule has 2 saturated heterocycles. The molecule has 1 N–H and O–H groups in total. The van der Waals surface area contributed by atoms with Crippen molar-refractivity contribution < 1.29 is 14.4 Å². The molecule has 7 nitrogen and oxygen atoms in total. The van der Waals surface area contributed by atoms with Gasteiger partial charge in [-0.15, -0.1) is 0 Å². The number of aromatic nitrogens is 3. The molecule has 7 heteroatoms. The van der Waals surface area contributed by atoms with Crippen LogP contribution in [0.2, 0.25) is 0 Å². The normalized spacial score (nSPS) is 25.2. The Bertz CT molecular complexity index is 1170. The van der Waals surface area contributed by atoms with Crippen LogP contribution in [0.25, 0.3) is 11.3 Å². The van der Waals surface area contributed by atoms with Crippen molar-refractivity contribution >= 4 is 0 Å².